The molecule has 0 saturated carbocycles. The van der Waals surface area contributed by atoms with Crippen LogP contribution in [0.15, 0.2) is 30.3 Å². The first kappa shape index (κ1) is 16.0. The largest absolute Gasteiger partial charge is 0.343 e. The predicted molar refractivity (Wildman–Crippen MR) is 87.0 cm³/mol. The van der Waals surface area contributed by atoms with Crippen molar-refractivity contribution in [3.05, 3.63) is 35.9 Å². The summed E-state index contributed by atoms with van der Waals surface area (Å²) in [6, 6.07) is 10.5. The second-order valence-corrected chi connectivity index (χ2v) is 7.24. The van der Waals surface area contributed by atoms with Crippen molar-refractivity contribution in [1.82, 2.24) is 4.90 Å². The molecule has 0 aliphatic carbocycles. The van der Waals surface area contributed by atoms with Crippen LogP contribution in [-0.2, 0) is 4.79 Å². The Bertz CT molecular complexity index is 456. The van der Waals surface area contributed by atoms with Crippen LogP contribution in [0, 0.1) is 5.41 Å². The number of carbonyl (C=O) groups excluding carboxylic acids is 1. The van der Waals surface area contributed by atoms with Gasteiger partial charge < -0.3 is 10.6 Å². The standard InChI is InChI=1S/C18H28N2O/c1-18(2,3)16(19)13-17(21)20-11-9-15(10-12-20)14-7-5-4-6-8-14/h4-8,15-16H,9-13,19H2,1-3H3. The fourth-order valence-electron chi connectivity index (χ4n) is 2.81. The van der Waals surface area contributed by atoms with Crippen molar-refractivity contribution in [1.29, 1.82) is 0 Å². The third-order valence-corrected chi connectivity index (χ3v) is 4.63. The molecule has 0 radical (unpaired) electrons. The summed E-state index contributed by atoms with van der Waals surface area (Å²) >= 11 is 0. The number of piperidine rings is 1. The molecule has 1 heterocycles. The van der Waals surface area contributed by atoms with E-state index < -0.39 is 0 Å². The Balaban J connectivity index is 1.85. The van der Waals surface area contributed by atoms with Gasteiger partial charge in [0, 0.05) is 25.6 Å². The van der Waals surface area contributed by atoms with Crippen molar-refractivity contribution >= 4 is 5.91 Å². The average molecular weight is 288 g/mol. The monoisotopic (exact) mass is 288 g/mol. The van der Waals surface area contributed by atoms with Crippen molar-refractivity contribution in [2.75, 3.05) is 13.1 Å². The topological polar surface area (TPSA) is 46.3 Å². The summed E-state index contributed by atoms with van der Waals surface area (Å²) < 4.78 is 0. The molecule has 1 amide bonds. The highest BCUT2D eigenvalue weighted by Gasteiger charge is 2.28. The van der Waals surface area contributed by atoms with E-state index in [9.17, 15) is 4.79 Å². The maximum atomic E-state index is 12.3. The fraction of sp³-hybridized carbons (Fsp3) is 0.611. The molecular formula is C18H28N2O. The molecule has 1 atom stereocenters. The number of rotatable bonds is 3. The molecule has 1 aliphatic rings. The number of carbonyl (C=O) groups is 1. The van der Waals surface area contributed by atoms with Gasteiger partial charge in [0.15, 0.2) is 0 Å². The molecule has 21 heavy (non-hydrogen) atoms. The molecule has 1 fully saturated rings. The van der Waals surface area contributed by atoms with Crippen molar-refractivity contribution in [2.45, 2.75) is 52.0 Å². The molecule has 116 valence electrons. The van der Waals surface area contributed by atoms with Gasteiger partial charge in [-0.1, -0.05) is 51.1 Å². The third-order valence-electron chi connectivity index (χ3n) is 4.63. The van der Waals surface area contributed by atoms with Crippen molar-refractivity contribution in [3.63, 3.8) is 0 Å². The lowest BCUT2D eigenvalue weighted by molar-refractivity contribution is -0.133. The van der Waals surface area contributed by atoms with Crippen LogP contribution in [0.1, 0.15) is 51.5 Å². The molecule has 3 heteroatoms. The summed E-state index contributed by atoms with van der Waals surface area (Å²) in [5.41, 5.74) is 7.51. The maximum Gasteiger partial charge on any atom is 0.224 e. The van der Waals surface area contributed by atoms with Crippen molar-refractivity contribution in [2.24, 2.45) is 11.1 Å². The Morgan fingerprint density at radius 1 is 1.24 bits per heavy atom. The van der Waals surface area contributed by atoms with Crippen LogP contribution in [0.2, 0.25) is 0 Å². The summed E-state index contributed by atoms with van der Waals surface area (Å²) in [4.78, 5) is 14.3. The molecule has 0 bridgehead atoms. The Labute approximate surface area is 128 Å². The van der Waals surface area contributed by atoms with Gasteiger partial charge in [0.2, 0.25) is 5.91 Å². The average Bonchev–Trinajstić information content (AvgIpc) is 2.47. The van der Waals surface area contributed by atoms with E-state index in [1.807, 2.05) is 4.90 Å². The molecule has 3 nitrogen and oxygen atoms in total. The Kier molecular flexibility index (Phi) is 5.04. The van der Waals surface area contributed by atoms with E-state index >= 15 is 0 Å². The fourth-order valence-corrected chi connectivity index (χ4v) is 2.81. The summed E-state index contributed by atoms with van der Waals surface area (Å²) in [5, 5.41) is 0. The molecule has 2 N–H and O–H groups in total. The molecule has 1 aliphatic heterocycles. The summed E-state index contributed by atoms with van der Waals surface area (Å²) in [6.45, 7) is 7.98. The Hall–Kier alpha value is -1.35. The molecule has 0 spiro atoms. The van der Waals surface area contributed by atoms with Gasteiger partial charge in [-0.15, -0.1) is 0 Å². The smallest absolute Gasteiger partial charge is 0.224 e. The molecule has 1 saturated heterocycles. The third kappa shape index (κ3) is 4.31. The van der Waals surface area contributed by atoms with Crippen LogP contribution < -0.4 is 5.73 Å². The summed E-state index contributed by atoms with van der Waals surface area (Å²) in [6.07, 6.45) is 2.57. The van der Waals surface area contributed by atoms with E-state index in [0.717, 1.165) is 25.9 Å². The van der Waals surface area contributed by atoms with E-state index in [-0.39, 0.29) is 17.4 Å². The van der Waals surface area contributed by atoms with Crippen LogP contribution in [-0.4, -0.2) is 29.9 Å². The minimum Gasteiger partial charge on any atom is -0.343 e. The van der Waals surface area contributed by atoms with Gasteiger partial charge in [-0.05, 0) is 29.7 Å². The van der Waals surface area contributed by atoms with Gasteiger partial charge in [-0.2, -0.15) is 0 Å². The first-order valence-corrected chi connectivity index (χ1v) is 7.96. The number of hydrogen-bond acceptors (Lipinski definition) is 2. The number of nitrogens with two attached hydrogens (primary N) is 1. The van der Waals surface area contributed by atoms with Gasteiger partial charge >= 0.3 is 0 Å². The van der Waals surface area contributed by atoms with Gasteiger partial charge in [-0.25, -0.2) is 0 Å². The molecule has 1 unspecified atom stereocenters. The summed E-state index contributed by atoms with van der Waals surface area (Å²) in [7, 11) is 0. The van der Waals surface area contributed by atoms with Crippen LogP contribution in [0.5, 0.6) is 0 Å². The number of benzene rings is 1. The number of likely N-dealkylation sites (tertiary alicyclic amines) is 1. The van der Waals surface area contributed by atoms with Gasteiger partial charge in [0.1, 0.15) is 0 Å². The number of hydrogen-bond donors (Lipinski definition) is 1. The Morgan fingerprint density at radius 3 is 2.33 bits per heavy atom. The maximum absolute atomic E-state index is 12.3. The highest BCUT2D eigenvalue weighted by molar-refractivity contribution is 5.77. The number of nitrogens with zero attached hydrogens (tertiary/aromatic N) is 1. The first-order valence-electron chi connectivity index (χ1n) is 7.96. The van der Waals surface area contributed by atoms with E-state index in [1.54, 1.807) is 0 Å². The minimum absolute atomic E-state index is 0.0159. The molecule has 1 aromatic carbocycles. The first-order chi connectivity index (χ1) is 9.88. The van der Waals surface area contributed by atoms with Gasteiger partial charge in [0.05, 0.1) is 0 Å². The minimum atomic E-state index is -0.0724. The highest BCUT2D eigenvalue weighted by atomic mass is 16.2. The van der Waals surface area contributed by atoms with Crippen molar-refractivity contribution < 1.29 is 4.79 Å². The van der Waals surface area contributed by atoms with Crippen molar-refractivity contribution in [3.8, 4) is 0 Å². The summed E-state index contributed by atoms with van der Waals surface area (Å²) in [5.74, 6) is 0.801. The van der Waals surface area contributed by atoms with Gasteiger partial charge in [-0.3, -0.25) is 4.79 Å². The number of amides is 1. The van der Waals surface area contributed by atoms with E-state index in [0.29, 0.717) is 12.3 Å². The highest BCUT2D eigenvalue weighted by Crippen LogP contribution is 2.28. The normalized spacial score (nSPS) is 18.6. The van der Waals surface area contributed by atoms with E-state index in [2.05, 4.69) is 51.1 Å². The van der Waals surface area contributed by atoms with Crippen LogP contribution in [0.3, 0.4) is 0 Å². The molecule has 0 aromatic heterocycles. The second kappa shape index (κ2) is 6.61. The zero-order valence-corrected chi connectivity index (χ0v) is 13.5. The quantitative estimate of drug-likeness (QED) is 0.928. The Morgan fingerprint density at radius 2 is 1.81 bits per heavy atom. The van der Waals surface area contributed by atoms with Crippen LogP contribution in [0.25, 0.3) is 0 Å². The molecule has 1 aromatic rings. The SMILES string of the molecule is CC(C)(C)C(N)CC(=O)N1CCC(c2ccccc2)CC1. The van der Waals surface area contributed by atoms with E-state index in [4.69, 9.17) is 5.73 Å². The lowest BCUT2D eigenvalue weighted by atomic mass is 9.84. The second-order valence-electron chi connectivity index (χ2n) is 7.24. The van der Waals surface area contributed by atoms with Crippen LogP contribution >= 0.6 is 0 Å². The van der Waals surface area contributed by atoms with Crippen LogP contribution in [0.4, 0.5) is 0 Å². The lowest BCUT2D eigenvalue weighted by Crippen LogP contribution is -2.44. The molecular weight excluding hydrogens is 260 g/mol. The zero-order chi connectivity index (χ0) is 15.5. The molecule has 2 rings (SSSR count). The van der Waals surface area contributed by atoms with Gasteiger partial charge in [0.25, 0.3) is 0 Å². The van der Waals surface area contributed by atoms with E-state index in [1.165, 1.54) is 5.56 Å². The predicted octanol–water partition coefficient (Wildman–Crippen LogP) is 3.16. The zero-order valence-electron chi connectivity index (χ0n) is 13.5. The lowest BCUT2D eigenvalue weighted by Gasteiger charge is -2.34.